The maximum atomic E-state index is 5.87. The van der Waals surface area contributed by atoms with Crippen molar-refractivity contribution in [1.29, 1.82) is 0 Å². The molecule has 1 aromatic carbocycles. The third-order valence-electron chi connectivity index (χ3n) is 2.79. The molecular weight excluding hydrogens is 266 g/mol. The van der Waals surface area contributed by atoms with Crippen LogP contribution in [0.15, 0.2) is 28.8 Å². The van der Waals surface area contributed by atoms with Crippen molar-refractivity contribution in [3.8, 4) is 5.75 Å². The predicted octanol–water partition coefficient (Wildman–Crippen LogP) is 2.55. The maximum Gasteiger partial charge on any atom is 0.264 e. The van der Waals surface area contributed by atoms with Crippen LogP contribution in [0, 0.1) is 0 Å². The van der Waals surface area contributed by atoms with Crippen LogP contribution in [0.4, 0.5) is 0 Å². The van der Waals surface area contributed by atoms with Crippen LogP contribution < -0.4 is 10.1 Å². The van der Waals surface area contributed by atoms with Crippen molar-refractivity contribution in [3.05, 3.63) is 41.0 Å². The smallest absolute Gasteiger partial charge is 0.264 e. The summed E-state index contributed by atoms with van der Waals surface area (Å²) in [5.41, 5.74) is 0. The zero-order valence-corrected chi connectivity index (χ0v) is 11.1. The lowest BCUT2D eigenvalue weighted by atomic mass is 10.3. The first kappa shape index (κ1) is 12.4. The topological polar surface area (TPSA) is 60.2 Å². The second kappa shape index (κ2) is 5.59. The van der Waals surface area contributed by atoms with Gasteiger partial charge >= 0.3 is 0 Å². The highest BCUT2D eigenvalue weighted by molar-refractivity contribution is 6.30. The molecule has 1 aliphatic carbocycles. The highest BCUT2D eigenvalue weighted by Crippen LogP contribution is 2.19. The van der Waals surface area contributed by atoms with Gasteiger partial charge in [-0.15, -0.1) is 0 Å². The fourth-order valence-corrected chi connectivity index (χ4v) is 1.83. The molecule has 6 heteroatoms. The molecular formula is C13H14ClN3O2. The monoisotopic (exact) mass is 279 g/mol. The number of benzene rings is 1. The molecule has 0 bridgehead atoms. The van der Waals surface area contributed by atoms with E-state index >= 15 is 0 Å². The van der Waals surface area contributed by atoms with E-state index < -0.39 is 0 Å². The second-order valence-electron chi connectivity index (χ2n) is 4.51. The first-order valence-electron chi connectivity index (χ1n) is 6.23. The molecule has 5 nitrogen and oxygen atoms in total. The Balaban J connectivity index is 1.51. The molecule has 1 aliphatic rings. The summed E-state index contributed by atoms with van der Waals surface area (Å²) in [6, 6.07) is 7.83. The van der Waals surface area contributed by atoms with Crippen molar-refractivity contribution < 1.29 is 9.26 Å². The Morgan fingerprint density at radius 3 is 3.11 bits per heavy atom. The molecule has 1 heterocycles. The third kappa shape index (κ3) is 3.68. The van der Waals surface area contributed by atoms with E-state index in [0.29, 0.717) is 35.1 Å². The van der Waals surface area contributed by atoms with Crippen molar-refractivity contribution in [2.45, 2.75) is 32.0 Å². The molecule has 1 N–H and O–H groups in total. The van der Waals surface area contributed by atoms with Gasteiger partial charge in [0.2, 0.25) is 0 Å². The molecule has 2 aromatic rings. The summed E-state index contributed by atoms with van der Waals surface area (Å²) in [5.74, 6) is 1.81. The molecule has 1 aromatic heterocycles. The molecule has 0 unspecified atom stereocenters. The van der Waals surface area contributed by atoms with Crippen LogP contribution in [0.5, 0.6) is 5.75 Å². The molecule has 1 fully saturated rings. The second-order valence-corrected chi connectivity index (χ2v) is 4.94. The molecule has 100 valence electrons. The number of rotatable bonds is 6. The number of aromatic nitrogens is 2. The minimum atomic E-state index is 0.247. The van der Waals surface area contributed by atoms with Gasteiger partial charge in [-0.1, -0.05) is 22.8 Å². The lowest BCUT2D eigenvalue weighted by Gasteiger charge is -2.02. The highest BCUT2D eigenvalue weighted by Gasteiger charge is 2.21. The average molecular weight is 280 g/mol. The minimum absolute atomic E-state index is 0.247. The fraction of sp³-hybridized carbons (Fsp3) is 0.385. The van der Waals surface area contributed by atoms with Gasteiger partial charge in [0, 0.05) is 11.1 Å². The van der Waals surface area contributed by atoms with Gasteiger partial charge in [-0.25, -0.2) is 0 Å². The van der Waals surface area contributed by atoms with E-state index in [2.05, 4.69) is 15.5 Å². The van der Waals surface area contributed by atoms with Gasteiger partial charge in [-0.3, -0.25) is 0 Å². The molecule has 0 spiro atoms. The van der Waals surface area contributed by atoms with Gasteiger partial charge in [0.05, 0.1) is 6.54 Å². The Labute approximate surface area is 115 Å². The zero-order chi connectivity index (χ0) is 13.1. The molecule has 0 atom stereocenters. The van der Waals surface area contributed by atoms with E-state index in [1.165, 1.54) is 12.8 Å². The summed E-state index contributed by atoms with van der Waals surface area (Å²) in [7, 11) is 0. The van der Waals surface area contributed by atoms with Crippen molar-refractivity contribution in [1.82, 2.24) is 15.5 Å². The van der Waals surface area contributed by atoms with Crippen LogP contribution in [0.2, 0.25) is 5.02 Å². The van der Waals surface area contributed by atoms with Crippen molar-refractivity contribution in [3.63, 3.8) is 0 Å². The first-order chi connectivity index (χ1) is 9.29. The number of hydrogen-bond donors (Lipinski definition) is 1. The quantitative estimate of drug-likeness (QED) is 0.880. The lowest BCUT2D eigenvalue weighted by molar-refractivity contribution is 0.242. The van der Waals surface area contributed by atoms with Gasteiger partial charge in [0.15, 0.2) is 12.4 Å². The van der Waals surface area contributed by atoms with E-state index in [4.69, 9.17) is 20.9 Å². The number of ether oxygens (including phenoxy) is 1. The first-order valence-corrected chi connectivity index (χ1v) is 6.60. The molecule has 1 saturated carbocycles. The summed E-state index contributed by atoms with van der Waals surface area (Å²) in [4.78, 5) is 4.25. The van der Waals surface area contributed by atoms with Gasteiger partial charge in [-0.2, -0.15) is 4.98 Å². The molecule has 0 amide bonds. The standard InChI is InChI=1S/C13H14ClN3O2/c14-9-2-1-3-11(6-9)18-8-13-16-12(17-19-13)7-15-10-4-5-10/h1-3,6,10,15H,4-5,7-8H2. The van der Waals surface area contributed by atoms with Gasteiger partial charge in [-0.05, 0) is 31.0 Å². The number of nitrogens with zero attached hydrogens (tertiary/aromatic N) is 2. The third-order valence-corrected chi connectivity index (χ3v) is 3.03. The number of hydrogen-bond acceptors (Lipinski definition) is 5. The Bertz CT molecular complexity index is 554. The summed E-state index contributed by atoms with van der Waals surface area (Å²) < 4.78 is 10.6. The highest BCUT2D eigenvalue weighted by atomic mass is 35.5. The van der Waals surface area contributed by atoms with Gasteiger partial charge < -0.3 is 14.6 Å². The van der Waals surface area contributed by atoms with Crippen LogP contribution in [-0.4, -0.2) is 16.2 Å². The summed E-state index contributed by atoms with van der Waals surface area (Å²) >= 11 is 5.87. The summed E-state index contributed by atoms with van der Waals surface area (Å²) in [5, 5.41) is 7.85. The van der Waals surface area contributed by atoms with Crippen molar-refractivity contribution in [2.75, 3.05) is 0 Å². The van der Waals surface area contributed by atoms with Gasteiger partial charge in [0.1, 0.15) is 5.75 Å². The Kier molecular flexibility index (Phi) is 3.66. The maximum absolute atomic E-state index is 5.87. The van der Waals surface area contributed by atoms with E-state index in [0.717, 1.165) is 0 Å². The van der Waals surface area contributed by atoms with Crippen molar-refractivity contribution in [2.24, 2.45) is 0 Å². The average Bonchev–Trinajstić information content (AvgIpc) is 3.13. The van der Waals surface area contributed by atoms with Gasteiger partial charge in [0.25, 0.3) is 5.89 Å². The molecule has 0 radical (unpaired) electrons. The van der Waals surface area contributed by atoms with Crippen LogP contribution in [-0.2, 0) is 13.2 Å². The Morgan fingerprint density at radius 2 is 2.32 bits per heavy atom. The zero-order valence-electron chi connectivity index (χ0n) is 10.3. The van der Waals surface area contributed by atoms with Crippen LogP contribution in [0.1, 0.15) is 24.6 Å². The minimum Gasteiger partial charge on any atom is -0.484 e. The van der Waals surface area contributed by atoms with E-state index in [9.17, 15) is 0 Å². The normalized spacial score (nSPS) is 14.6. The number of halogens is 1. The molecule has 0 saturated heterocycles. The summed E-state index contributed by atoms with van der Waals surface area (Å²) in [6.07, 6.45) is 2.48. The lowest BCUT2D eigenvalue weighted by Crippen LogP contribution is -2.16. The fourth-order valence-electron chi connectivity index (χ4n) is 1.65. The Morgan fingerprint density at radius 1 is 1.42 bits per heavy atom. The molecule has 0 aliphatic heterocycles. The SMILES string of the molecule is Clc1cccc(OCc2nc(CNC3CC3)no2)c1. The molecule has 19 heavy (non-hydrogen) atoms. The van der Waals surface area contributed by atoms with E-state index in [1.807, 2.05) is 12.1 Å². The Hall–Kier alpha value is -1.59. The predicted molar refractivity (Wildman–Crippen MR) is 69.9 cm³/mol. The summed E-state index contributed by atoms with van der Waals surface area (Å²) in [6.45, 7) is 0.891. The van der Waals surface area contributed by atoms with Crippen molar-refractivity contribution >= 4 is 11.6 Å². The molecule has 3 rings (SSSR count). The van der Waals surface area contributed by atoms with E-state index in [-0.39, 0.29) is 6.61 Å². The number of nitrogens with one attached hydrogen (secondary N) is 1. The van der Waals surface area contributed by atoms with Crippen LogP contribution in [0.25, 0.3) is 0 Å². The van der Waals surface area contributed by atoms with Crippen LogP contribution >= 0.6 is 11.6 Å². The largest absolute Gasteiger partial charge is 0.484 e. The van der Waals surface area contributed by atoms with E-state index in [1.54, 1.807) is 12.1 Å². The van der Waals surface area contributed by atoms with Crippen LogP contribution in [0.3, 0.4) is 0 Å².